The lowest BCUT2D eigenvalue weighted by Gasteiger charge is -2.25. The van der Waals surface area contributed by atoms with Crippen molar-refractivity contribution in [1.29, 1.82) is 0 Å². The first-order chi connectivity index (χ1) is 6.70. The van der Waals surface area contributed by atoms with Gasteiger partial charge in [-0.3, -0.25) is 0 Å². The molecule has 2 rings (SSSR count). The number of nitrogens with two attached hydrogens (primary N) is 1. The molecule has 1 aliphatic heterocycles. The van der Waals surface area contributed by atoms with Crippen molar-refractivity contribution in [3.05, 3.63) is 17.0 Å². The Hall–Kier alpha value is -1.78. The van der Waals surface area contributed by atoms with Gasteiger partial charge in [0, 0.05) is 6.07 Å². The highest BCUT2D eigenvalue weighted by Crippen LogP contribution is 2.38. The summed E-state index contributed by atoms with van der Waals surface area (Å²) in [4.78, 5) is 10.3. The van der Waals surface area contributed by atoms with Crippen molar-refractivity contribution < 1.29 is 4.74 Å². The molecule has 1 aliphatic rings. The summed E-state index contributed by atoms with van der Waals surface area (Å²) < 4.78 is 5.42. The molecule has 0 saturated carbocycles. The van der Waals surface area contributed by atoms with Gasteiger partial charge < -0.3 is 15.8 Å². The minimum atomic E-state index is 0.222. The van der Waals surface area contributed by atoms with Gasteiger partial charge in [0.15, 0.2) is 0 Å². The maximum absolute atomic E-state index is 10.3. The molecule has 1 heterocycles. The maximum Gasteiger partial charge on any atom is 0.146 e. The van der Waals surface area contributed by atoms with Crippen LogP contribution < -0.4 is 15.8 Å². The number of anilines is 2. The summed E-state index contributed by atoms with van der Waals surface area (Å²) >= 11 is 0. The molecule has 74 valence electrons. The fraction of sp³-hybridized carbons (Fsp3) is 0.333. The fourth-order valence-electron chi connectivity index (χ4n) is 1.45. The summed E-state index contributed by atoms with van der Waals surface area (Å²) in [6, 6.07) is 3.33. The zero-order valence-electron chi connectivity index (χ0n) is 7.78. The highest BCUT2D eigenvalue weighted by Gasteiger charge is 2.18. The van der Waals surface area contributed by atoms with Crippen LogP contribution in [0.4, 0.5) is 17.1 Å². The number of hydrogen-bond acceptors (Lipinski definition) is 5. The SMILES string of the molecule is C[C@H]1COc2cc(N=O)cc(N)c2N1. The Morgan fingerprint density at radius 2 is 2.43 bits per heavy atom. The van der Waals surface area contributed by atoms with Crippen LogP contribution in [-0.2, 0) is 0 Å². The lowest BCUT2D eigenvalue weighted by atomic mass is 10.2. The average Bonchev–Trinajstić information content (AvgIpc) is 2.19. The van der Waals surface area contributed by atoms with Crippen LogP contribution in [0.3, 0.4) is 0 Å². The highest BCUT2D eigenvalue weighted by atomic mass is 16.5. The summed E-state index contributed by atoms with van der Waals surface area (Å²) in [7, 11) is 0. The van der Waals surface area contributed by atoms with Crippen molar-refractivity contribution in [2.45, 2.75) is 13.0 Å². The van der Waals surface area contributed by atoms with Crippen molar-refractivity contribution in [2.24, 2.45) is 5.18 Å². The van der Waals surface area contributed by atoms with E-state index in [0.29, 0.717) is 18.0 Å². The molecule has 0 unspecified atom stereocenters. The van der Waals surface area contributed by atoms with E-state index in [4.69, 9.17) is 10.5 Å². The van der Waals surface area contributed by atoms with E-state index in [9.17, 15) is 4.91 Å². The Labute approximate surface area is 81.2 Å². The van der Waals surface area contributed by atoms with E-state index in [2.05, 4.69) is 10.5 Å². The minimum absolute atomic E-state index is 0.222. The second-order valence-electron chi connectivity index (χ2n) is 3.36. The molecule has 0 radical (unpaired) electrons. The smallest absolute Gasteiger partial charge is 0.146 e. The Morgan fingerprint density at radius 1 is 1.64 bits per heavy atom. The van der Waals surface area contributed by atoms with Gasteiger partial charge in [-0.25, -0.2) is 0 Å². The molecule has 3 N–H and O–H groups in total. The molecule has 5 nitrogen and oxygen atoms in total. The van der Waals surface area contributed by atoms with E-state index in [1.165, 1.54) is 6.07 Å². The Bertz CT molecular complexity index is 379. The van der Waals surface area contributed by atoms with Crippen molar-refractivity contribution >= 4 is 17.1 Å². The van der Waals surface area contributed by atoms with E-state index < -0.39 is 0 Å². The Kier molecular flexibility index (Phi) is 1.99. The minimum Gasteiger partial charge on any atom is -0.489 e. The van der Waals surface area contributed by atoms with Gasteiger partial charge in [-0.1, -0.05) is 0 Å². The molecule has 1 atom stereocenters. The molecule has 14 heavy (non-hydrogen) atoms. The molecule has 0 spiro atoms. The van der Waals surface area contributed by atoms with E-state index in [-0.39, 0.29) is 11.7 Å². The maximum atomic E-state index is 10.3. The van der Waals surface area contributed by atoms with Gasteiger partial charge in [0.2, 0.25) is 0 Å². The normalized spacial score (nSPS) is 19.1. The first-order valence-corrected chi connectivity index (χ1v) is 4.37. The van der Waals surface area contributed by atoms with Crippen molar-refractivity contribution in [3.8, 4) is 5.75 Å². The summed E-state index contributed by atoms with van der Waals surface area (Å²) in [5.41, 5.74) is 7.26. The molecule has 0 saturated heterocycles. The van der Waals surface area contributed by atoms with E-state index in [0.717, 1.165) is 5.69 Å². The predicted octanol–water partition coefficient (Wildman–Crippen LogP) is 1.86. The van der Waals surface area contributed by atoms with Gasteiger partial charge in [0.05, 0.1) is 11.7 Å². The third kappa shape index (κ3) is 1.37. The summed E-state index contributed by atoms with van der Waals surface area (Å²) in [6.07, 6.45) is 0. The van der Waals surface area contributed by atoms with E-state index >= 15 is 0 Å². The standard InChI is InChI=1S/C9H11N3O2/c1-5-4-14-8-3-6(12-13)2-7(10)9(8)11-5/h2-3,5,11H,4,10H2,1H3/t5-/m0/s1. The summed E-state index contributed by atoms with van der Waals surface area (Å²) in [5.74, 6) is 0.595. The molecule has 0 fully saturated rings. The second-order valence-corrected chi connectivity index (χ2v) is 3.36. The first-order valence-electron chi connectivity index (χ1n) is 4.37. The van der Waals surface area contributed by atoms with Crippen LogP contribution in [0.2, 0.25) is 0 Å². The highest BCUT2D eigenvalue weighted by molar-refractivity contribution is 5.78. The average molecular weight is 193 g/mol. The van der Waals surface area contributed by atoms with Crippen LogP contribution in [0.1, 0.15) is 6.92 Å². The number of nitrogens with zero attached hydrogens (tertiary/aromatic N) is 1. The molecule has 1 aromatic rings. The van der Waals surface area contributed by atoms with Crippen molar-refractivity contribution in [3.63, 3.8) is 0 Å². The number of fused-ring (bicyclic) bond motifs is 1. The van der Waals surface area contributed by atoms with Crippen molar-refractivity contribution in [2.75, 3.05) is 17.7 Å². The molecule has 0 amide bonds. The molecule has 5 heteroatoms. The monoisotopic (exact) mass is 193 g/mol. The van der Waals surface area contributed by atoms with Gasteiger partial charge in [0.25, 0.3) is 0 Å². The third-order valence-corrected chi connectivity index (χ3v) is 2.10. The van der Waals surface area contributed by atoms with Crippen LogP contribution in [0, 0.1) is 4.91 Å². The zero-order valence-corrected chi connectivity index (χ0v) is 7.78. The Morgan fingerprint density at radius 3 is 3.14 bits per heavy atom. The number of nitrogens with one attached hydrogen (secondary N) is 1. The van der Waals surface area contributed by atoms with Crippen molar-refractivity contribution in [1.82, 2.24) is 0 Å². The number of benzene rings is 1. The molecule has 1 aromatic carbocycles. The van der Waals surface area contributed by atoms with Crippen LogP contribution in [-0.4, -0.2) is 12.6 Å². The van der Waals surface area contributed by atoms with E-state index in [1.54, 1.807) is 6.07 Å². The topological polar surface area (TPSA) is 76.7 Å². The number of nitroso groups, excluding NO2 is 1. The second kappa shape index (κ2) is 3.17. The molecule has 0 aliphatic carbocycles. The third-order valence-electron chi connectivity index (χ3n) is 2.10. The molecule has 0 aromatic heterocycles. The molecular weight excluding hydrogens is 182 g/mol. The first kappa shape index (κ1) is 8.80. The lowest BCUT2D eigenvalue weighted by molar-refractivity contribution is 0.292. The van der Waals surface area contributed by atoms with E-state index in [1.807, 2.05) is 6.92 Å². The number of nitrogen functional groups attached to an aromatic ring is 1. The fourth-order valence-corrected chi connectivity index (χ4v) is 1.45. The van der Waals surface area contributed by atoms with Crippen LogP contribution >= 0.6 is 0 Å². The molecular formula is C9H11N3O2. The van der Waals surface area contributed by atoms with Crippen LogP contribution in [0.25, 0.3) is 0 Å². The quantitative estimate of drug-likeness (QED) is 0.527. The number of rotatable bonds is 1. The van der Waals surface area contributed by atoms with Gasteiger partial charge in [-0.05, 0) is 18.2 Å². The zero-order chi connectivity index (χ0) is 10.1. The predicted molar refractivity (Wildman–Crippen MR) is 54.9 cm³/mol. The number of hydrogen-bond donors (Lipinski definition) is 2. The lowest BCUT2D eigenvalue weighted by Crippen LogP contribution is -2.28. The largest absolute Gasteiger partial charge is 0.489 e. The summed E-state index contributed by atoms with van der Waals surface area (Å²) in [5, 5.41) is 6.01. The van der Waals surface area contributed by atoms with Gasteiger partial charge >= 0.3 is 0 Å². The summed E-state index contributed by atoms with van der Waals surface area (Å²) in [6.45, 7) is 2.56. The van der Waals surface area contributed by atoms with Gasteiger partial charge in [0.1, 0.15) is 23.7 Å². The molecule has 0 bridgehead atoms. The van der Waals surface area contributed by atoms with Gasteiger partial charge in [-0.2, -0.15) is 0 Å². The van der Waals surface area contributed by atoms with Gasteiger partial charge in [-0.15, -0.1) is 4.91 Å². The Balaban J connectivity index is 2.48. The van der Waals surface area contributed by atoms with Crippen LogP contribution in [0.15, 0.2) is 17.3 Å². The number of ether oxygens (including phenoxy) is 1. The van der Waals surface area contributed by atoms with Crippen LogP contribution in [0.5, 0.6) is 5.75 Å².